The number of likely N-dealkylation sites (tertiary alicyclic amines) is 1. The van der Waals surface area contributed by atoms with E-state index in [1.165, 1.54) is 0 Å². The molecule has 3 heterocycles. The van der Waals surface area contributed by atoms with Gasteiger partial charge in [-0.1, -0.05) is 0 Å². The number of nitrogens with two attached hydrogens (primary N) is 1. The normalized spacial score (nSPS) is 20.3. The Hall–Kier alpha value is -2.48. The lowest BCUT2D eigenvalue weighted by Gasteiger charge is -2.48. The van der Waals surface area contributed by atoms with E-state index in [0.717, 1.165) is 11.4 Å². The highest BCUT2D eigenvalue weighted by molar-refractivity contribution is 5.96. The SMILES string of the molecule is CN(C1CN(C(=O)OC(C)(C)C)C1)N1C=CC(C(N)=O)=C2NCC=C21. The average Bonchev–Trinajstić information content (AvgIpc) is 2.91. The predicted octanol–water partition coefficient (Wildman–Crippen LogP) is 0.508. The summed E-state index contributed by atoms with van der Waals surface area (Å²) in [6, 6.07) is 0.176. The maximum atomic E-state index is 12.1. The molecule has 8 heteroatoms. The van der Waals surface area contributed by atoms with Crippen molar-refractivity contribution in [2.45, 2.75) is 32.4 Å². The van der Waals surface area contributed by atoms with E-state index in [9.17, 15) is 9.59 Å². The van der Waals surface area contributed by atoms with Gasteiger partial charge in [-0.15, -0.1) is 0 Å². The molecule has 0 saturated carbocycles. The third kappa shape index (κ3) is 3.34. The zero-order valence-corrected chi connectivity index (χ0v) is 15.1. The zero-order valence-electron chi connectivity index (χ0n) is 15.1. The Morgan fingerprint density at radius 2 is 2.04 bits per heavy atom. The van der Waals surface area contributed by atoms with Crippen molar-refractivity contribution >= 4 is 12.0 Å². The van der Waals surface area contributed by atoms with Crippen LogP contribution in [0.15, 0.2) is 35.3 Å². The third-order valence-corrected chi connectivity index (χ3v) is 4.38. The number of hydrazine groups is 1. The summed E-state index contributed by atoms with van der Waals surface area (Å²) in [5.74, 6) is -0.450. The van der Waals surface area contributed by atoms with E-state index in [2.05, 4.69) is 10.3 Å². The number of fused-ring (bicyclic) bond motifs is 1. The van der Waals surface area contributed by atoms with Gasteiger partial charge in [0.25, 0.3) is 5.91 Å². The van der Waals surface area contributed by atoms with Gasteiger partial charge in [-0.3, -0.25) is 9.80 Å². The molecule has 2 amide bonds. The first-order valence-corrected chi connectivity index (χ1v) is 8.34. The number of amides is 2. The number of hydrogen-bond acceptors (Lipinski definition) is 6. The van der Waals surface area contributed by atoms with Gasteiger partial charge in [0, 0.05) is 32.9 Å². The molecule has 0 unspecified atom stereocenters. The number of ether oxygens (including phenoxy) is 1. The van der Waals surface area contributed by atoms with Gasteiger partial charge in [-0.2, -0.15) is 0 Å². The highest BCUT2D eigenvalue weighted by atomic mass is 16.6. The maximum Gasteiger partial charge on any atom is 0.410 e. The Bertz CT molecular complexity index is 683. The molecule has 25 heavy (non-hydrogen) atoms. The average molecular weight is 347 g/mol. The molecule has 0 bridgehead atoms. The molecule has 3 aliphatic heterocycles. The minimum Gasteiger partial charge on any atom is -0.444 e. The molecule has 0 atom stereocenters. The van der Waals surface area contributed by atoms with Crippen LogP contribution in [0, 0.1) is 0 Å². The van der Waals surface area contributed by atoms with Crippen molar-refractivity contribution < 1.29 is 14.3 Å². The van der Waals surface area contributed by atoms with Gasteiger partial charge in [0.15, 0.2) is 0 Å². The summed E-state index contributed by atoms with van der Waals surface area (Å²) in [5.41, 5.74) is 7.10. The molecule has 0 spiro atoms. The fourth-order valence-electron chi connectivity index (χ4n) is 3.02. The molecule has 8 nitrogen and oxygen atoms in total. The van der Waals surface area contributed by atoms with E-state index in [4.69, 9.17) is 10.5 Å². The fourth-order valence-corrected chi connectivity index (χ4v) is 3.02. The van der Waals surface area contributed by atoms with Crippen molar-refractivity contribution in [3.8, 4) is 0 Å². The summed E-state index contributed by atoms with van der Waals surface area (Å²) in [6.45, 7) is 7.42. The monoisotopic (exact) mass is 347 g/mol. The van der Waals surface area contributed by atoms with Crippen LogP contribution in [0.1, 0.15) is 20.8 Å². The van der Waals surface area contributed by atoms with Gasteiger partial charge in [-0.05, 0) is 32.9 Å². The first kappa shape index (κ1) is 17.3. The molecular formula is C17H25N5O3. The number of hydrogen-bond donors (Lipinski definition) is 2. The molecule has 136 valence electrons. The standard InChI is InChI=1S/C17H25N5O3/c1-17(2,3)25-16(24)21-9-11(10-21)20(4)22-8-6-12(15(18)23)14-13(22)5-7-19-14/h5-6,8,11,19H,7,9-10H2,1-4H3,(H2,18,23). The molecule has 0 aromatic carbocycles. The van der Waals surface area contributed by atoms with Gasteiger partial charge < -0.3 is 20.7 Å². The van der Waals surface area contributed by atoms with E-state index in [0.29, 0.717) is 25.2 Å². The Morgan fingerprint density at radius 1 is 1.36 bits per heavy atom. The van der Waals surface area contributed by atoms with Crippen LogP contribution in [0.5, 0.6) is 0 Å². The van der Waals surface area contributed by atoms with Crippen LogP contribution in [-0.4, -0.2) is 65.2 Å². The van der Waals surface area contributed by atoms with Gasteiger partial charge in [0.05, 0.1) is 23.0 Å². The van der Waals surface area contributed by atoms with Crippen LogP contribution < -0.4 is 11.1 Å². The van der Waals surface area contributed by atoms with E-state index in [1.807, 2.05) is 45.1 Å². The summed E-state index contributed by atoms with van der Waals surface area (Å²) in [5, 5.41) is 7.23. The van der Waals surface area contributed by atoms with Crippen LogP contribution in [0.4, 0.5) is 4.79 Å². The smallest absolute Gasteiger partial charge is 0.410 e. The largest absolute Gasteiger partial charge is 0.444 e. The van der Waals surface area contributed by atoms with E-state index in [-0.39, 0.29) is 12.1 Å². The minimum absolute atomic E-state index is 0.176. The van der Waals surface area contributed by atoms with Gasteiger partial charge in [0.2, 0.25) is 0 Å². The van der Waals surface area contributed by atoms with Crippen molar-refractivity contribution in [1.29, 1.82) is 0 Å². The number of nitrogens with zero attached hydrogens (tertiary/aromatic N) is 3. The molecule has 3 rings (SSSR count). The van der Waals surface area contributed by atoms with Crippen molar-refractivity contribution in [3.05, 3.63) is 35.3 Å². The topological polar surface area (TPSA) is 91.1 Å². The quantitative estimate of drug-likeness (QED) is 0.773. The second-order valence-electron chi connectivity index (χ2n) is 7.40. The fraction of sp³-hybridized carbons (Fsp3) is 0.529. The van der Waals surface area contributed by atoms with Crippen molar-refractivity contribution in [1.82, 2.24) is 20.2 Å². The molecular weight excluding hydrogens is 322 g/mol. The van der Waals surface area contributed by atoms with Gasteiger partial charge in [0.1, 0.15) is 5.60 Å². The second kappa shape index (κ2) is 6.11. The first-order valence-electron chi connectivity index (χ1n) is 8.34. The number of rotatable bonds is 3. The summed E-state index contributed by atoms with van der Waals surface area (Å²) in [6.07, 6.45) is 5.28. The number of carbonyl (C=O) groups excluding carboxylic acids is 2. The molecule has 3 aliphatic rings. The first-order chi connectivity index (χ1) is 11.7. The van der Waals surface area contributed by atoms with E-state index < -0.39 is 11.5 Å². The summed E-state index contributed by atoms with van der Waals surface area (Å²) < 4.78 is 5.39. The van der Waals surface area contributed by atoms with Gasteiger partial charge in [-0.25, -0.2) is 9.80 Å². The molecule has 0 radical (unpaired) electrons. The third-order valence-electron chi connectivity index (χ3n) is 4.38. The van der Waals surface area contributed by atoms with Crippen LogP contribution in [0.25, 0.3) is 0 Å². The van der Waals surface area contributed by atoms with Crippen LogP contribution in [-0.2, 0) is 9.53 Å². The lowest BCUT2D eigenvalue weighted by atomic mass is 10.1. The number of carbonyl (C=O) groups is 2. The van der Waals surface area contributed by atoms with Crippen molar-refractivity contribution in [2.24, 2.45) is 5.73 Å². The van der Waals surface area contributed by atoms with E-state index in [1.54, 1.807) is 11.0 Å². The molecule has 0 aliphatic carbocycles. The molecule has 1 saturated heterocycles. The predicted molar refractivity (Wildman–Crippen MR) is 92.6 cm³/mol. The number of likely N-dealkylation sites (N-methyl/N-ethyl adjacent to an activating group) is 1. The van der Waals surface area contributed by atoms with Gasteiger partial charge >= 0.3 is 6.09 Å². The molecule has 0 aromatic heterocycles. The Morgan fingerprint density at radius 3 is 2.64 bits per heavy atom. The zero-order chi connectivity index (χ0) is 18.4. The molecule has 0 aromatic rings. The van der Waals surface area contributed by atoms with Crippen molar-refractivity contribution in [3.63, 3.8) is 0 Å². The summed E-state index contributed by atoms with van der Waals surface area (Å²) in [7, 11) is 1.97. The maximum absolute atomic E-state index is 12.1. The summed E-state index contributed by atoms with van der Waals surface area (Å²) in [4.78, 5) is 25.3. The number of primary amides is 1. The Labute approximate surface area is 147 Å². The highest BCUT2D eigenvalue weighted by Gasteiger charge is 2.39. The Kier molecular flexibility index (Phi) is 4.24. The van der Waals surface area contributed by atoms with Crippen molar-refractivity contribution in [2.75, 3.05) is 26.7 Å². The minimum atomic E-state index is -0.491. The second-order valence-corrected chi connectivity index (χ2v) is 7.40. The highest BCUT2D eigenvalue weighted by Crippen LogP contribution is 2.30. The lowest BCUT2D eigenvalue weighted by Crippen LogP contribution is -2.63. The molecule has 1 fully saturated rings. The number of nitrogens with one attached hydrogen (secondary N) is 1. The summed E-state index contributed by atoms with van der Waals surface area (Å²) >= 11 is 0. The van der Waals surface area contributed by atoms with Crippen LogP contribution in [0.2, 0.25) is 0 Å². The van der Waals surface area contributed by atoms with Crippen LogP contribution in [0.3, 0.4) is 0 Å². The lowest BCUT2D eigenvalue weighted by molar-refractivity contribution is -0.114. The van der Waals surface area contributed by atoms with Crippen LogP contribution >= 0.6 is 0 Å². The molecule has 3 N–H and O–H groups in total. The Balaban J connectivity index is 1.63. The van der Waals surface area contributed by atoms with E-state index >= 15 is 0 Å².